The number of likely N-dealkylation sites (tertiary alicyclic amines) is 1. The Balaban J connectivity index is 1.16. The van der Waals surface area contributed by atoms with Gasteiger partial charge in [-0.1, -0.05) is 51.0 Å². The Labute approximate surface area is 318 Å². The zero-order chi connectivity index (χ0) is 38.9. The van der Waals surface area contributed by atoms with Gasteiger partial charge in [0.1, 0.15) is 17.6 Å². The van der Waals surface area contributed by atoms with E-state index in [0.717, 1.165) is 90.2 Å². The van der Waals surface area contributed by atoms with E-state index in [1.165, 1.54) is 24.3 Å². The molecule has 292 valence electrons. The number of nitrogens with zero attached hydrogens (tertiary/aromatic N) is 2. The number of carbonyl (C=O) groups excluding carboxylic acids is 2. The molecule has 2 fully saturated rings. The Hall–Kier alpha value is -4.59. The minimum Gasteiger partial charge on any atom is -0.453 e. The number of aromatic amines is 1. The quantitative estimate of drug-likeness (QED) is 0.136. The van der Waals surface area contributed by atoms with Crippen molar-refractivity contribution in [3.05, 3.63) is 70.5 Å². The van der Waals surface area contributed by atoms with Crippen molar-refractivity contribution in [3.63, 3.8) is 0 Å². The molecule has 10 nitrogen and oxygen atoms in total. The molecule has 2 heterocycles. The van der Waals surface area contributed by atoms with Crippen molar-refractivity contribution in [2.75, 3.05) is 13.7 Å². The largest absolute Gasteiger partial charge is 0.534 e. The van der Waals surface area contributed by atoms with Gasteiger partial charge in [0.05, 0.1) is 24.2 Å². The Kier molecular flexibility index (Phi) is 9.41. The summed E-state index contributed by atoms with van der Waals surface area (Å²) in [5, 5.41) is 2.70. The zero-order valence-electron chi connectivity index (χ0n) is 31.1. The van der Waals surface area contributed by atoms with Crippen molar-refractivity contribution in [1.82, 2.24) is 20.2 Å². The van der Waals surface area contributed by atoms with Gasteiger partial charge < -0.3 is 24.1 Å². The van der Waals surface area contributed by atoms with Crippen molar-refractivity contribution in [2.45, 2.75) is 107 Å². The first kappa shape index (κ1) is 37.3. The molecule has 55 heavy (non-hydrogen) atoms. The molecular weight excluding hydrogens is 734 g/mol. The second kappa shape index (κ2) is 13.9. The molecule has 4 aliphatic rings. The van der Waals surface area contributed by atoms with Crippen LogP contribution in [-0.2, 0) is 44.3 Å². The fraction of sp³-hybridized carbons (Fsp3) is 0.488. The Bertz CT molecular complexity index is 2300. The van der Waals surface area contributed by atoms with Crippen molar-refractivity contribution in [3.8, 4) is 28.0 Å². The van der Waals surface area contributed by atoms with E-state index < -0.39 is 27.8 Å². The molecule has 1 aromatic heterocycles. The lowest BCUT2D eigenvalue weighted by molar-refractivity contribution is -0.135. The third-order valence-electron chi connectivity index (χ3n) is 12.3. The van der Waals surface area contributed by atoms with Crippen molar-refractivity contribution in [2.24, 2.45) is 5.92 Å². The summed E-state index contributed by atoms with van der Waals surface area (Å²) >= 11 is 0. The van der Waals surface area contributed by atoms with Gasteiger partial charge >= 0.3 is 21.7 Å². The molecule has 1 saturated carbocycles. The van der Waals surface area contributed by atoms with E-state index in [4.69, 9.17) is 9.72 Å². The summed E-state index contributed by atoms with van der Waals surface area (Å²) < 4.78 is 73.0. The van der Waals surface area contributed by atoms with Crippen LogP contribution in [-0.4, -0.2) is 60.5 Å². The van der Waals surface area contributed by atoms with Crippen LogP contribution in [0.25, 0.3) is 33.3 Å². The van der Waals surface area contributed by atoms with E-state index in [1.54, 1.807) is 11.0 Å². The van der Waals surface area contributed by atoms with E-state index in [2.05, 4.69) is 38.7 Å². The molecule has 1 spiro atoms. The average molecular weight is 779 g/mol. The summed E-state index contributed by atoms with van der Waals surface area (Å²) in [6, 6.07) is 12.6. The van der Waals surface area contributed by atoms with Crippen LogP contribution in [0.1, 0.15) is 99.3 Å². The maximum absolute atomic E-state index is 13.8. The van der Waals surface area contributed by atoms with Gasteiger partial charge in [-0.3, -0.25) is 4.79 Å². The highest BCUT2D eigenvalue weighted by Gasteiger charge is 2.49. The number of H-pyrrole nitrogens is 1. The van der Waals surface area contributed by atoms with Crippen LogP contribution in [0.5, 0.6) is 5.75 Å². The van der Waals surface area contributed by atoms with Gasteiger partial charge in [0, 0.05) is 6.54 Å². The van der Waals surface area contributed by atoms with Crippen LogP contribution in [0, 0.1) is 5.92 Å². The molecule has 1 aliphatic heterocycles. The maximum Gasteiger partial charge on any atom is 0.534 e. The third-order valence-corrected chi connectivity index (χ3v) is 13.3. The summed E-state index contributed by atoms with van der Waals surface area (Å²) in [5.41, 5.74) is 4.29. The van der Waals surface area contributed by atoms with Crippen LogP contribution >= 0.6 is 0 Å². The predicted molar refractivity (Wildman–Crippen MR) is 201 cm³/mol. The molecule has 14 heteroatoms. The molecule has 1 saturated heterocycles. The number of methoxy groups -OCH3 is 1. The molecule has 0 unspecified atom stereocenters. The Morgan fingerprint density at radius 3 is 2.36 bits per heavy atom. The summed E-state index contributed by atoms with van der Waals surface area (Å²) in [7, 11) is -4.51. The second-order valence-corrected chi connectivity index (χ2v) is 17.3. The van der Waals surface area contributed by atoms with Gasteiger partial charge in [-0.25, -0.2) is 9.78 Å². The summed E-state index contributed by atoms with van der Waals surface area (Å²) in [6.45, 7) is 4.34. The van der Waals surface area contributed by atoms with E-state index in [9.17, 15) is 31.2 Å². The Morgan fingerprint density at radius 1 is 0.927 bits per heavy atom. The number of hydrogen-bond acceptors (Lipinski definition) is 7. The lowest BCUT2D eigenvalue weighted by atomic mass is 9.76. The molecule has 3 aliphatic carbocycles. The molecule has 0 radical (unpaired) electrons. The van der Waals surface area contributed by atoms with Crippen molar-refractivity contribution < 1.29 is 40.1 Å². The SMILES string of the molecule is COC(=O)N[C@H](C(=O)N1CCC[C@H]1c1nc2ccc(-c3ccc(-c4ccc(OS(=O)(=O)C(F)(F)F)c5c4CCC5)c4c3C3(CCCC3)CC4)cc2[nH]1)C(C)C. The molecule has 0 bridgehead atoms. The van der Waals surface area contributed by atoms with E-state index >= 15 is 0 Å². The third kappa shape index (κ3) is 6.43. The summed E-state index contributed by atoms with van der Waals surface area (Å²) in [6.07, 6.45) is 9.02. The molecule has 2 N–H and O–H groups in total. The number of hydrogen-bond donors (Lipinski definition) is 2. The fourth-order valence-electron chi connectivity index (χ4n) is 9.76. The molecule has 2 atom stereocenters. The number of alkyl halides is 3. The van der Waals surface area contributed by atoms with Gasteiger partial charge in [-0.05, 0) is 132 Å². The van der Waals surface area contributed by atoms with E-state index in [0.29, 0.717) is 37.2 Å². The van der Waals surface area contributed by atoms with Crippen LogP contribution in [0.15, 0.2) is 42.5 Å². The second-order valence-electron chi connectivity index (χ2n) is 15.8. The number of rotatable bonds is 8. The average Bonchev–Trinajstić information content (AvgIpc) is 4.00. The lowest BCUT2D eigenvalue weighted by Gasteiger charge is -2.29. The fourth-order valence-corrected chi connectivity index (χ4v) is 10.3. The maximum atomic E-state index is 13.8. The summed E-state index contributed by atoms with van der Waals surface area (Å²) in [4.78, 5) is 36.1. The first-order valence-corrected chi connectivity index (χ1v) is 20.6. The monoisotopic (exact) mass is 778 g/mol. The molecule has 3 aromatic carbocycles. The first-order chi connectivity index (χ1) is 26.2. The highest BCUT2D eigenvalue weighted by atomic mass is 32.2. The topological polar surface area (TPSA) is 131 Å². The smallest absolute Gasteiger partial charge is 0.453 e. The number of imidazole rings is 1. The Morgan fingerprint density at radius 2 is 1.64 bits per heavy atom. The first-order valence-electron chi connectivity index (χ1n) is 19.2. The number of aromatic nitrogens is 2. The van der Waals surface area contributed by atoms with Gasteiger partial charge in [0.2, 0.25) is 5.91 Å². The number of benzene rings is 3. The number of halogens is 3. The van der Waals surface area contributed by atoms with Crippen LogP contribution in [0.3, 0.4) is 0 Å². The number of amides is 2. The van der Waals surface area contributed by atoms with Gasteiger partial charge in [-0.2, -0.15) is 21.6 Å². The number of fused-ring (bicyclic) bond motifs is 4. The molecule has 4 aromatic rings. The molecular formula is C41H45F3N4O6S. The molecule has 8 rings (SSSR count). The van der Waals surface area contributed by atoms with Crippen LogP contribution < -0.4 is 9.50 Å². The minimum atomic E-state index is -5.79. The van der Waals surface area contributed by atoms with Gasteiger partial charge in [0.25, 0.3) is 0 Å². The van der Waals surface area contributed by atoms with Gasteiger partial charge in [-0.15, -0.1) is 0 Å². The predicted octanol–water partition coefficient (Wildman–Crippen LogP) is 8.42. The van der Waals surface area contributed by atoms with Crippen molar-refractivity contribution in [1.29, 1.82) is 0 Å². The molecule has 2 amide bonds. The lowest BCUT2D eigenvalue weighted by Crippen LogP contribution is -2.51. The standard InChI is InChI=1S/C41H45F3N4O6S/c1-23(2)36(47-39(50)53-3)38(49)48-21-7-10-33(48)37-45-31-15-11-24(22-32(31)46-37)25-12-13-28(30-17-20-40(35(25)30)18-4-5-19-40)27-14-16-34(29-9-6-8-26(27)29)54-55(51,52)41(42,43)44/h11-16,22-23,33,36H,4-10,17-21H2,1-3H3,(H,45,46)(H,47,50)/t33-,36-/m0/s1. The number of carbonyl (C=O) groups is 2. The van der Waals surface area contributed by atoms with Gasteiger partial charge in [0.15, 0.2) is 0 Å². The highest BCUT2D eigenvalue weighted by molar-refractivity contribution is 7.88. The van der Waals surface area contributed by atoms with Crippen molar-refractivity contribution >= 4 is 33.2 Å². The summed E-state index contributed by atoms with van der Waals surface area (Å²) in [5.74, 6) is 0.152. The minimum absolute atomic E-state index is 0.0255. The normalized spacial score (nSPS) is 19.6. The number of ether oxygens (including phenoxy) is 1. The van der Waals surface area contributed by atoms with Crippen LogP contribution in [0.2, 0.25) is 0 Å². The highest BCUT2D eigenvalue weighted by Crippen LogP contribution is 2.56. The van der Waals surface area contributed by atoms with E-state index in [-0.39, 0.29) is 29.0 Å². The number of nitrogens with one attached hydrogen (secondary N) is 2. The van der Waals surface area contributed by atoms with E-state index in [1.807, 2.05) is 19.9 Å². The number of alkyl carbamates (subject to hydrolysis) is 1. The van der Waals surface area contributed by atoms with Crippen LogP contribution in [0.4, 0.5) is 18.0 Å². The zero-order valence-corrected chi connectivity index (χ0v) is 32.0.